The molecule has 0 spiro atoms. The van der Waals surface area contributed by atoms with Crippen molar-refractivity contribution in [1.82, 2.24) is 44.1 Å². The molecule has 6 rings (SSSR count). The van der Waals surface area contributed by atoms with Gasteiger partial charge in [-0.3, -0.25) is 13.5 Å². The largest absolute Gasteiger partial charge is 0.507 e. The van der Waals surface area contributed by atoms with E-state index in [1.165, 1.54) is 59.5 Å². The Hall–Kier alpha value is -5.05. The molecule has 272 valence electrons. The third-order valence-electron chi connectivity index (χ3n) is 8.26. The second-order valence-corrected chi connectivity index (χ2v) is 12.8. The third-order valence-corrected chi connectivity index (χ3v) is 9.14. The normalized spacial score (nSPS) is 18.9. The van der Waals surface area contributed by atoms with Gasteiger partial charge in [0, 0.05) is 5.56 Å². The monoisotopic (exact) mass is 724 g/mol. The molecule has 2 aromatic carbocycles. The van der Waals surface area contributed by atoms with Gasteiger partial charge in [-0.25, -0.2) is 9.71 Å². The van der Waals surface area contributed by atoms with Crippen LogP contribution in [0.15, 0.2) is 61.1 Å². The lowest BCUT2D eigenvalue weighted by atomic mass is 10.1. The first-order valence-corrected chi connectivity index (χ1v) is 17.5. The molecule has 1 aliphatic heterocycles. The number of nitrogens with one attached hydrogen (secondary N) is 1. The van der Waals surface area contributed by atoms with Gasteiger partial charge in [-0.1, -0.05) is 62.4 Å². The number of carbonyl (C=O) groups is 1. The number of aliphatic hydroxyl groups is 2. The molecule has 1 aliphatic rings. The summed E-state index contributed by atoms with van der Waals surface area (Å²) in [4.78, 5) is 27.6. The number of carbonyl (C=O) groups excluding carboxylic acids is 1. The first kappa shape index (κ1) is 37.2. The van der Waals surface area contributed by atoms with Gasteiger partial charge in [0.05, 0.1) is 24.7 Å². The Morgan fingerprint density at radius 3 is 2.39 bits per heavy atom. The van der Waals surface area contributed by atoms with E-state index in [9.17, 15) is 28.5 Å². The molecule has 3 aromatic heterocycles. The molecule has 51 heavy (non-hydrogen) atoms. The van der Waals surface area contributed by atoms with Crippen molar-refractivity contribution in [3.8, 4) is 23.0 Å². The number of para-hydroxylation sites is 1. The summed E-state index contributed by atoms with van der Waals surface area (Å²) in [6.07, 6.45) is -2.92. The third kappa shape index (κ3) is 8.30. The number of fused-ring (bicyclic) bond motifs is 1. The minimum atomic E-state index is -4.70. The molecule has 6 N–H and O–H groups in total. The zero-order valence-electron chi connectivity index (χ0n) is 28.4. The molecule has 1 saturated heterocycles. The average Bonchev–Trinajstić information content (AvgIpc) is 3.84. The lowest BCUT2D eigenvalue weighted by molar-refractivity contribution is -0.0468. The summed E-state index contributed by atoms with van der Waals surface area (Å²) in [7, 11) is -4.70. The average molecular weight is 725 g/mol. The number of nitrogens with zero attached hydrogens (tertiary/aromatic N) is 8. The second-order valence-electron chi connectivity index (χ2n) is 11.4. The van der Waals surface area contributed by atoms with Crippen LogP contribution >= 0.6 is 0 Å². The van der Waals surface area contributed by atoms with E-state index in [0.717, 1.165) is 11.1 Å². The molecule has 4 heterocycles. The van der Waals surface area contributed by atoms with Crippen molar-refractivity contribution in [2.75, 3.05) is 32.0 Å². The number of ether oxygens (including phenoxy) is 1. The summed E-state index contributed by atoms with van der Waals surface area (Å²) < 4.78 is 39.6. The molecule has 4 atom stereocenters. The molecule has 0 bridgehead atoms. The van der Waals surface area contributed by atoms with Crippen LogP contribution in [0.4, 0.5) is 5.82 Å². The number of anilines is 1. The van der Waals surface area contributed by atoms with Gasteiger partial charge in [-0.15, -0.1) is 5.10 Å². The van der Waals surface area contributed by atoms with Crippen molar-refractivity contribution >= 4 is 33.2 Å². The van der Waals surface area contributed by atoms with Crippen molar-refractivity contribution in [2.45, 2.75) is 52.2 Å². The lowest BCUT2D eigenvalue weighted by Gasteiger charge is -2.16. The Kier molecular flexibility index (Phi) is 11.6. The Morgan fingerprint density at radius 2 is 1.73 bits per heavy atom. The minimum absolute atomic E-state index is 0.00380. The highest BCUT2D eigenvalue weighted by atomic mass is 32.2. The van der Waals surface area contributed by atoms with Crippen molar-refractivity contribution in [2.24, 2.45) is 0 Å². The Morgan fingerprint density at radius 1 is 1.04 bits per heavy atom. The number of rotatable bonds is 11. The van der Waals surface area contributed by atoms with Gasteiger partial charge >= 0.3 is 10.3 Å². The highest BCUT2D eigenvalue weighted by Crippen LogP contribution is 2.33. The van der Waals surface area contributed by atoms with Crippen LogP contribution in [0.3, 0.4) is 0 Å². The van der Waals surface area contributed by atoms with E-state index in [-0.39, 0.29) is 28.5 Å². The number of nitrogens with two attached hydrogens (primary N) is 1. The number of amides is 1. The fourth-order valence-corrected chi connectivity index (χ4v) is 6.06. The van der Waals surface area contributed by atoms with E-state index in [2.05, 4.69) is 50.9 Å². The predicted molar refractivity (Wildman–Crippen MR) is 185 cm³/mol. The fraction of sp³-hybridized carbons (Fsp3) is 0.375. The summed E-state index contributed by atoms with van der Waals surface area (Å²) in [6.45, 7) is 11.3. The number of aliphatic hydroxyl groups excluding tert-OH is 2. The quantitative estimate of drug-likeness (QED) is 0.129. The molecule has 0 radical (unpaired) electrons. The van der Waals surface area contributed by atoms with Crippen LogP contribution < -0.4 is 10.5 Å². The number of nitrogen functional groups attached to an aromatic ring is 1. The van der Waals surface area contributed by atoms with Crippen LogP contribution in [0.5, 0.6) is 5.75 Å². The summed E-state index contributed by atoms with van der Waals surface area (Å²) in [5, 5.41) is 39.5. The number of hydrogen-bond acceptors (Lipinski definition) is 15. The van der Waals surface area contributed by atoms with E-state index >= 15 is 0 Å². The number of benzene rings is 2. The van der Waals surface area contributed by atoms with Gasteiger partial charge in [0.15, 0.2) is 17.7 Å². The van der Waals surface area contributed by atoms with E-state index in [0.29, 0.717) is 5.69 Å². The highest BCUT2D eigenvalue weighted by Gasteiger charge is 2.45. The SMILES string of the molecule is CCN(CC)CC.Cc1ccccc1-c1cn(-c2nc(N)c3ncn([C@@H]4O[C@H](COS(=O)(=O)NC(=O)c5ccccc5O)[C@@H](O)[C@H]4O)c3n2)nn1. The molecular weight excluding hydrogens is 684 g/mol. The summed E-state index contributed by atoms with van der Waals surface area (Å²) >= 11 is 0. The number of aromatic hydroxyl groups is 1. The van der Waals surface area contributed by atoms with E-state index in [1.807, 2.05) is 31.2 Å². The Labute approximate surface area is 293 Å². The lowest BCUT2D eigenvalue weighted by Crippen LogP contribution is -2.37. The maximum atomic E-state index is 12.4. The number of aromatic nitrogens is 7. The second kappa shape index (κ2) is 15.9. The molecule has 0 unspecified atom stereocenters. The van der Waals surface area contributed by atoms with Crippen LogP contribution in [0.2, 0.25) is 0 Å². The number of phenolic OH excluding ortho intramolecular Hbond substituents is 1. The molecule has 5 aromatic rings. The van der Waals surface area contributed by atoms with Crippen molar-refractivity contribution in [3.63, 3.8) is 0 Å². The first-order valence-electron chi connectivity index (χ1n) is 16.1. The van der Waals surface area contributed by atoms with Crippen molar-refractivity contribution < 1.29 is 37.5 Å². The molecule has 19 heteroatoms. The van der Waals surface area contributed by atoms with Gasteiger partial charge in [0.1, 0.15) is 35.3 Å². The van der Waals surface area contributed by atoms with Crippen LogP contribution in [0.1, 0.15) is 42.9 Å². The number of aryl methyl sites for hydroxylation is 1. The molecule has 1 amide bonds. The van der Waals surface area contributed by atoms with Gasteiger partial charge in [-0.05, 0) is 44.3 Å². The van der Waals surface area contributed by atoms with E-state index in [1.54, 1.807) is 10.9 Å². The van der Waals surface area contributed by atoms with Gasteiger partial charge in [0.25, 0.3) is 11.9 Å². The minimum Gasteiger partial charge on any atom is -0.507 e. The molecule has 0 aliphatic carbocycles. The summed E-state index contributed by atoms with van der Waals surface area (Å²) in [6, 6.07) is 12.9. The van der Waals surface area contributed by atoms with E-state index < -0.39 is 53.1 Å². The molecule has 0 saturated carbocycles. The zero-order valence-corrected chi connectivity index (χ0v) is 29.2. The van der Waals surface area contributed by atoms with E-state index in [4.69, 9.17) is 14.7 Å². The zero-order chi connectivity index (χ0) is 36.9. The number of hydrogen-bond donors (Lipinski definition) is 5. The molecule has 18 nitrogen and oxygen atoms in total. The smallest absolute Gasteiger partial charge is 0.362 e. The van der Waals surface area contributed by atoms with Gasteiger partial charge < -0.3 is 30.7 Å². The van der Waals surface area contributed by atoms with Gasteiger partial charge in [0.2, 0.25) is 0 Å². The fourth-order valence-electron chi connectivity index (χ4n) is 5.35. The Bertz CT molecular complexity index is 2080. The predicted octanol–water partition coefficient (Wildman–Crippen LogP) is 1.33. The standard InChI is InChI=1S/C26H25N9O8S.C6H15N/c1-13-6-2-3-7-14(13)16-10-35(33-31-16)26-29-22(27)19-23(30-26)34(12-28-19)25-21(38)20(37)18(43-25)11-42-44(40,41)32-24(39)15-8-4-5-9-17(15)36;1-4-7(5-2)6-3/h2-10,12,18,20-21,25,36-38H,11H2,1H3,(H,32,39)(H2,27,29,30);4-6H2,1-3H3/t18-,20-,21-,25-;/m1./s1. The summed E-state index contributed by atoms with van der Waals surface area (Å²) in [5.74, 6) is -1.53. The van der Waals surface area contributed by atoms with Crippen LogP contribution in [-0.4, -0.2) is 114 Å². The Balaban J connectivity index is 0.000000654. The highest BCUT2D eigenvalue weighted by molar-refractivity contribution is 7.85. The van der Waals surface area contributed by atoms with Crippen LogP contribution in [-0.2, 0) is 19.2 Å². The maximum absolute atomic E-state index is 12.4. The van der Waals surface area contributed by atoms with Gasteiger partial charge in [-0.2, -0.15) is 23.1 Å². The molecule has 1 fully saturated rings. The molecular formula is C32H40N10O8S. The number of imidazole rings is 1. The number of phenols is 1. The summed E-state index contributed by atoms with van der Waals surface area (Å²) in [5.41, 5.74) is 8.58. The van der Waals surface area contributed by atoms with Crippen molar-refractivity contribution in [1.29, 1.82) is 0 Å². The van der Waals surface area contributed by atoms with Crippen LogP contribution in [0, 0.1) is 6.92 Å². The van der Waals surface area contributed by atoms with Crippen molar-refractivity contribution in [3.05, 3.63) is 72.2 Å². The topological polar surface area (TPSA) is 246 Å². The van der Waals surface area contributed by atoms with Crippen LogP contribution in [0.25, 0.3) is 28.4 Å². The first-order chi connectivity index (χ1) is 24.4. The maximum Gasteiger partial charge on any atom is 0.362 e.